The molecule has 0 aliphatic heterocycles. The molecule has 0 spiro atoms. The maximum absolute atomic E-state index is 12.3. The summed E-state index contributed by atoms with van der Waals surface area (Å²) in [4.78, 5) is 12.3. The Labute approximate surface area is 166 Å². The average molecular weight is 402 g/mol. The Morgan fingerprint density at radius 1 is 1.36 bits per heavy atom. The van der Waals surface area contributed by atoms with Gasteiger partial charge in [0.05, 0.1) is 23.7 Å². The Morgan fingerprint density at radius 3 is 2.86 bits per heavy atom. The molecule has 1 aromatic carbocycles. The van der Waals surface area contributed by atoms with Crippen LogP contribution in [0.5, 0.6) is 11.5 Å². The standard InChI is InChI=1S/C19H22N4O4S/c1-4-23-18(13-7-8-26-10-13)21-22-19(23)28-11-17(25)20-14-5-6-15(24)16(9-14)27-12(2)3/h5-10,12,24H,4,11H2,1-3H3,(H,20,25). The minimum atomic E-state index is -0.193. The van der Waals surface area contributed by atoms with E-state index < -0.39 is 0 Å². The number of ether oxygens (including phenoxy) is 1. The van der Waals surface area contributed by atoms with E-state index in [1.165, 1.54) is 17.8 Å². The number of anilines is 1. The third-order valence-electron chi connectivity index (χ3n) is 3.75. The fourth-order valence-corrected chi connectivity index (χ4v) is 3.36. The van der Waals surface area contributed by atoms with E-state index in [1.54, 1.807) is 24.7 Å². The highest BCUT2D eigenvalue weighted by Gasteiger charge is 2.16. The van der Waals surface area contributed by atoms with Gasteiger partial charge in [0, 0.05) is 18.3 Å². The zero-order valence-corrected chi connectivity index (χ0v) is 16.7. The van der Waals surface area contributed by atoms with Crippen LogP contribution in [-0.2, 0) is 11.3 Å². The van der Waals surface area contributed by atoms with Gasteiger partial charge >= 0.3 is 0 Å². The molecule has 1 amide bonds. The van der Waals surface area contributed by atoms with Gasteiger partial charge < -0.3 is 24.1 Å². The number of aromatic nitrogens is 3. The monoisotopic (exact) mass is 402 g/mol. The first-order chi connectivity index (χ1) is 13.5. The second-order valence-corrected chi connectivity index (χ2v) is 7.19. The van der Waals surface area contributed by atoms with Gasteiger partial charge in [0.1, 0.15) is 6.26 Å². The number of amides is 1. The maximum Gasteiger partial charge on any atom is 0.234 e. The predicted molar refractivity (Wildman–Crippen MR) is 107 cm³/mol. The van der Waals surface area contributed by atoms with Gasteiger partial charge in [0.15, 0.2) is 22.5 Å². The van der Waals surface area contributed by atoms with E-state index in [9.17, 15) is 9.90 Å². The smallest absolute Gasteiger partial charge is 0.234 e. The van der Waals surface area contributed by atoms with Crippen LogP contribution in [0.15, 0.2) is 46.4 Å². The van der Waals surface area contributed by atoms with Crippen molar-refractivity contribution in [1.82, 2.24) is 14.8 Å². The van der Waals surface area contributed by atoms with E-state index in [0.717, 1.165) is 5.56 Å². The van der Waals surface area contributed by atoms with Crippen LogP contribution in [-0.4, -0.2) is 37.6 Å². The number of nitrogens with zero attached hydrogens (tertiary/aromatic N) is 3. The number of hydrogen-bond donors (Lipinski definition) is 2. The molecule has 0 aliphatic rings. The normalized spacial score (nSPS) is 11.0. The van der Waals surface area contributed by atoms with E-state index in [0.29, 0.717) is 29.0 Å². The second kappa shape index (κ2) is 8.83. The number of phenols is 1. The van der Waals surface area contributed by atoms with Crippen molar-refractivity contribution in [2.75, 3.05) is 11.1 Å². The fourth-order valence-electron chi connectivity index (χ4n) is 2.55. The number of furan rings is 1. The summed E-state index contributed by atoms with van der Waals surface area (Å²) in [6, 6.07) is 6.53. The lowest BCUT2D eigenvalue weighted by Gasteiger charge is -2.13. The Kier molecular flexibility index (Phi) is 6.25. The Balaban J connectivity index is 1.64. The van der Waals surface area contributed by atoms with Crippen LogP contribution in [0.2, 0.25) is 0 Å². The molecular formula is C19H22N4O4S. The molecule has 2 aromatic heterocycles. The minimum Gasteiger partial charge on any atom is -0.504 e. The topological polar surface area (TPSA) is 102 Å². The number of benzene rings is 1. The first-order valence-corrected chi connectivity index (χ1v) is 9.84. The van der Waals surface area contributed by atoms with Gasteiger partial charge in [-0.05, 0) is 39.0 Å². The molecule has 3 rings (SSSR count). The first-order valence-electron chi connectivity index (χ1n) is 8.86. The predicted octanol–water partition coefficient (Wildman–Crippen LogP) is 3.78. The largest absolute Gasteiger partial charge is 0.504 e. The number of aromatic hydroxyl groups is 1. The van der Waals surface area contributed by atoms with Crippen molar-refractivity contribution in [3.05, 3.63) is 36.8 Å². The third-order valence-corrected chi connectivity index (χ3v) is 4.72. The lowest BCUT2D eigenvalue weighted by molar-refractivity contribution is -0.113. The van der Waals surface area contributed by atoms with Crippen molar-refractivity contribution >= 4 is 23.4 Å². The van der Waals surface area contributed by atoms with Gasteiger partial charge in [0.25, 0.3) is 0 Å². The molecule has 0 radical (unpaired) electrons. The summed E-state index contributed by atoms with van der Waals surface area (Å²) in [5, 5.41) is 21.7. The van der Waals surface area contributed by atoms with E-state index in [1.807, 2.05) is 31.4 Å². The molecule has 8 nitrogen and oxygen atoms in total. The number of rotatable bonds is 8. The molecule has 0 saturated carbocycles. The second-order valence-electron chi connectivity index (χ2n) is 6.25. The van der Waals surface area contributed by atoms with E-state index in [4.69, 9.17) is 9.15 Å². The van der Waals surface area contributed by atoms with Crippen LogP contribution in [0.3, 0.4) is 0 Å². The molecule has 148 valence electrons. The molecule has 9 heteroatoms. The van der Waals surface area contributed by atoms with Crippen molar-refractivity contribution in [2.24, 2.45) is 0 Å². The van der Waals surface area contributed by atoms with Gasteiger partial charge in [-0.2, -0.15) is 0 Å². The molecule has 2 N–H and O–H groups in total. The average Bonchev–Trinajstić information content (AvgIpc) is 3.31. The van der Waals surface area contributed by atoms with Crippen LogP contribution in [0.25, 0.3) is 11.4 Å². The molecule has 2 heterocycles. The van der Waals surface area contributed by atoms with Crippen LogP contribution in [0.1, 0.15) is 20.8 Å². The Bertz CT molecular complexity index is 938. The molecular weight excluding hydrogens is 380 g/mol. The summed E-state index contributed by atoms with van der Waals surface area (Å²) >= 11 is 1.30. The highest BCUT2D eigenvalue weighted by atomic mass is 32.2. The lowest BCUT2D eigenvalue weighted by Crippen LogP contribution is -2.15. The number of thioether (sulfide) groups is 1. The summed E-state index contributed by atoms with van der Waals surface area (Å²) in [7, 11) is 0. The van der Waals surface area contributed by atoms with E-state index in [-0.39, 0.29) is 23.5 Å². The van der Waals surface area contributed by atoms with Crippen molar-refractivity contribution in [2.45, 2.75) is 38.6 Å². The minimum absolute atomic E-state index is 0.0314. The van der Waals surface area contributed by atoms with Crippen molar-refractivity contribution in [1.29, 1.82) is 0 Å². The summed E-state index contributed by atoms with van der Waals surface area (Å²) in [6.07, 6.45) is 3.11. The fraction of sp³-hybridized carbons (Fsp3) is 0.316. The highest BCUT2D eigenvalue weighted by molar-refractivity contribution is 7.99. The molecule has 28 heavy (non-hydrogen) atoms. The van der Waals surface area contributed by atoms with Crippen LogP contribution in [0.4, 0.5) is 5.69 Å². The summed E-state index contributed by atoms with van der Waals surface area (Å²) in [6.45, 7) is 6.39. The number of carbonyl (C=O) groups excluding carboxylic acids is 1. The molecule has 0 atom stereocenters. The molecule has 0 unspecified atom stereocenters. The van der Waals surface area contributed by atoms with Crippen molar-refractivity contribution < 1.29 is 19.1 Å². The number of nitrogens with one attached hydrogen (secondary N) is 1. The quantitative estimate of drug-likeness (QED) is 0.437. The third kappa shape index (κ3) is 4.66. The maximum atomic E-state index is 12.3. The van der Waals surface area contributed by atoms with Crippen molar-refractivity contribution in [3.63, 3.8) is 0 Å². The molecule has 3 aromatic rings. The van der Waals surface area contributed by atoms with Gasteiger partial charge in [-0.1, -0.05) is 11.8 Å². The molecule has 0 fully saturated rings. The van der Waals surface area contributed by atoms with Gasteiger partial charge in [-0.15, -0.1) is 10.2 Å². The Hall–Kier alpha value is -2.94. The van der Waals surface area contributed by atoms with E-state index in [2.05, 4.69) is 15.5 Å². The van der Waals surface area contributed by atoms with Gasteiger partial charge in [-0.3, -0.25) is 4.79 Å². The van der Waals surface area contributed by atoms with Crippen molar-refractivity contribution in [3.8, 4) is 22.9 Å². The number of hydrogen-bond acceptors (Lipinski definition) is 7. The first kappa shape index (κ1) is 19.8. The van der Waals surface area contributed by atoms with Crippen LogP contribution in [0, 0.1) is 0 Å². The van der Waals surface area contributed by atoms with Crippen LogP contribution < -0.4 is 10.1 Å². The summed E-state index contributed by atoms with van der Waals surface area (Å²) in [5.41, 5.74) is 1.39. The zero-order valence-electron chi connectivity index (χ0n) is 15.9. The molecule has 0 bridgehead atoms. The van der Waals surface area contributed by atoms with Gasteiger partial charge in [0.2, 0.25) is 5.91 Å². The Morgan fingerprint density at radius 2 is 2.18 bits per heavy atom. The number of phenolic OH excluding ortho intramolecular Hbond substituents is 1. The zero-order chi connectivity index (χ0) is 20.1. The summed E-state index contributed by atoms with van der Waals surface area (Å²) < 4.78 is 12.6. The van der Waals surface area contributed by atoms with Gasteiger partial charge in [-0.25, -0.2) is 0 Å². The van der Waals surface area contributed by atoms with Crippen LogP contribution >= 0.6 is 11.8 Å². The highest BCUT2D eigenvalue weighted by Crippen LogP contribution is 2.30. The van der Waals surface area contributed by atoms with E-state index >= 15 is 0 Å². The lowest BCUT2D eigenvalue weighted by atomic mass is 10.2. The molecule has 0 saturated heterocycles. The number of carbonyl (C=O) groups is 1. The molecule has 0 aliphatic carbocycles. The SMILES string of the molecule is CCn1c(SCC(=O)Nc2ccc(O)c(OC(C)C)c2)nnc1-c1ccoc1. The summed E-state index contributed by atoms with van der Waals surface area (Å²) in [5.74, 6) is 1.04.